The molecule has 1 aromatic heterocycles. The van der Waals surface area contributed by atoms with Crippen molar-refractivity contribution in [3.63, 3.8) is 0 Å². The van der Waals surface area contributed by atoms with Gasteiger partial charge in [-0.05, 0) is 17.8 Å². The Morgan fingerprint density at radius 3 is 2.90 bits per heavy atom. The number of amides is 2. The molecule has 2 fully saturated rings. The van der Waals surface area contributed by atoms with Gasteiger partial charge in [0.05, 0.1) is 19.3 Å². The summed E-state index contributed by atoms with van der Waals surface area (Å²) >= 11 is 0. The number of hydrogen-bond acceptors (Lipinski definition) is 4. The zero-order chi connectivity index (χ0) is 15.0. The first-order chi connectivity index (χ1) is 10.2. The number of methoxy groups -OCH3 is 1. The fourth-order valence-electron chi connectivity index (χ4n) is 3.11. The third kappa shape index (κ3) is 2.53. The van der Waals surface area contributed by atoms with Gasteiger partial charge in [0.15, 0.2) is 11.6 Å². The molecule has 0 aromatic carbocycles. The highest BCUT2D eigenvalue weighted by Gasteiger charge is 2.56. The van der Waals surface area contributed by atoms with Gasteiger partial charge in [-0.1, -0.05) is 0 Å². The molecule has 21 heavy (non-hydrogen) atoms. The number of piperidine rings is 1. The molecule has 1 aromatic rings. The Kier molecular flexibility index (Phi) is 3.67. The van der Waals surface area contributed by atoms with Gasteiger partial charge in [0.2, 0.25) is 0 Å². The molecule has 1 saturated heterocycles. The number of fused-ring (bicyclic) bond motifs is 1. The van der Waals surface area contributed by atoms with E-state index in [9.17, 15) is 9.18 Å². The lowest BCUT2D eigenvalue weighted by Gasteiger charge is -2.20. The third-order valence-corrected chi connectivity index (χ3v) is 4.42. The van der Waals surface area contributed by atoms with Crippen LogP contribution in [0.3, 0.4) is 0 Å². The fourth-order valence-corrected chi connectivity index (χ4v) is 3.11. The van der Waals surface area contributed by atoms with Crippen LogP contribution in [0.4, 0.5) is 9.18 Å². The number of aliphatic hydroxyl groups excluding tert-OH is 1. The lowest BCUT2D eigenvalue weighted by atomic mass is 10.3. The number of nitrogens with zero attached hydrogens (tertiary/aromatic N) is 2. The lowest BCUT2D eigenvalue weighted by Crippen LogP contribution is -2.40. The van der Waals surface area contributed by atoms with E-state index in [1.165, 1.54) is 19.4 Å². The zero-order valence-electron chi connectivity index (χ0n) is 11.8. The van der Waals surface area contributed by atoms with Gasteiger partial charge < -0.3 is 20.1 Å². The number of aromatic nitrogens is 1. The highest BCUT2D eigenvalue weighted by Crippen LogP contribution is 2.51. The number of rotatable bonds is 4. The van der Waals surface area contributed by atoms with Crippen LogP contribution in [0.5, 0.6) is 5.75 Å². The van der Waals surface area contributed by atoms with Crippen molar-refractivity contribution in [2.45, 2.75) is 6.54 Å². The van der Waals surface area contributed by atoms with E-state index in [-0.39, 0.29) is 30.6 Å². The highest BCUT2D eigenvalue weighted by atomic mass is 19.1. The minimum atomic E-state index is -0.551. The summed E-state index contributed by atoms with van der Waals surface area (Å²) in [6.45, 7) is 1.55. The van der Waals surface area contributed by atoms with E-state index in [0.29, 0.717) is 30.8 Å². The van der Waals surface area contributed by atoms with Crippen molar-refractivity contribution >= 4 is 6.03 Å². The molecule has 1 aliphatic carbocycles. The molecule has 6 nitrogen and oxygen atoms in total. The molecule has 0 spiro atoms. The Bertz CT molecular complexity index is 542. The average Bonchev–Trinajstić information content (AvgIpc) is 2.97. The fraction of sp³-hybridized carbons (Fsp3) is 0.571. The zero-order valence-corrected chi connectivity index (χ0v) is 11.8. The molecule has 2 N–H and O–H groups in total. The number of pyridine rings is 1. The van der Waals surface area contributed by atoms with E-state index in [1.54, 1.807) is 4.90 Å². The molecule has 1 unspecified atom stereocenters. The summed E-state index contributed by atoms with van der Waals surface area (Å²) in [7, 11) is 1.38. The Morgan fingerprint density at radius 1 is 1.57 bits per heavy atom. The molecular weight excluding hydrogens is 277 g/mol. The SMILES string of the molecule is COc1ccnc(CNC(=O)N2C[C@@H]3C(CO)[C@@H]3C2)c1F. The van der Waals surface area contributed by atoms with Gasteiger partial charge in [-0.3, -0.25) is 4.98 Å². The van der Waals surface area contributed by atoms with E-state index in [4.69, 9.17) is 9.84 Å². The Labute approximate surface area is 121 Å². The second kappa shape index (κ2) is 5.48. The van der Waals surface area contributed by atoms with Crippen LogP contribution in [0.15, 0.2) is 12.3 Å². The number of carbonyl (C=O) groups is 1. The van der Waals surface area contributed by atoms with Gasteiger partial charge in [0.1, 0.15) is 0 Å². The van der Waals surface area contributed by atoms with Crippen LogP contribution in [0.1, 0.15) is 5.69 Å². The maximum atomic E-state index is 13.9. The van der Waals surface area contributed by atoms with Crippen molar-refractivity contribution in [2.75, 3.05) is 26.8 Å². The van der Waals surface area contributed by atoms with Gasteiger partial charge in [-0.15, -0.1) is 0 Å². The van der Waals surface area contributed by atoms with Crippen molar-refractivity contribution in [3.8, 4) is 5.75 Å². The summed E-state index contributed by atoms with van der Waals surface area (Å²) in [5, 5.41) is 11.8. The Balaban J connectivity index is 1.53. The van der Waals surface area contributed by atoms with Crippen molar-refractivity contribution in [1.29, 1.82) is 0 Å². The predicted molar refractivity (Wildman–Crippen MR) is 72.1 cm³/mol. The minimum Gasteiger partial charge on any atom is -0.494 e. The summed E-state index contributed by atoms with van der Waals surface area (Å²) in [6, 6.07) is 1.21. The monoisotopic (exact) mass is 295 g/mol. The van der Waals surface area contributed by atoms with Gasteiger partial charge >= 0.3 is 6.03 Å². The smallest absolute Gasteiger partial charge is 0.317 e. The molecule has 7 heteroatoms. The van der Waals surface area contributed by atoms with E-state index >= 15 is 0 Å². The number of ether oxygens (including phenoxy) is 1. The van der Waals surface area contributed by atoms with Crippen LogP contribution in [-0.4, -0.2) is 47.8 Å². The summed E-state index contributed by atoms with van der Waals surface area (Å²) in [5.41, 5.74) is 0.153. The molecule has 1 saturated carbocycles. The normalized spacial score (nSPS) is 26.4. The molecule has 0 radical (unpaired) electrons. The second-order valence-electron chi connectivity index (χ2n) is 5.51. The number of likely N-dealkylation sites (tertiary alicyclic amines) is 1. The minimum absolute atomic E-state index is 0.0249. The van der Waals surface area contributed by atoms with Crippen LogP contribution >= 0.6 is 0 Å². The van der Waals surface area contributed by atoms with Gasteiger partial charge in [0.25, 0.3) is 0 Å². The topological polar surface area (TPSA) is 74.7 Å². The van der Waals surface area contributed by atoms with E-state index < -0.39 is 5.82 Å². The molecule has 3 atom stereocenters. The quantitative estimate of drug-likeness (QED) is 0.853. The van der Waals surface area contributed by atoms with E-state index in [2.05, 4.69) is 10.3 Å². The maximum Gasteiger partial charge on any atom is 0.317 e. The number of urea groups is 1. The second-order valence-corrected chi connectivity index (χ2v) is 5.51. The number of carbonyl (C=O) groups excluding carboxylic acids is 1. The molecular formula is C14H18FN3O3. The van der Waals surface area contributed by atoms with Crippen LogP contribution in [0.2, 0.25) is 0 Å². The van der Waals surface area contributed by atoms with Crippen molar-refractivity contribution in [2.24, 2.45) is 17.8 Å². The molecule has 1 aliphatic heterocycles. The van der Waals surface area contributed by atoms with Crippen LogP contribution in [0, 0.1) is 23.6 Å². The van der Waals surface area contributed by atoms with Gasteiger partial charge in [-0.2, -0.15) is 0 Å². The summed E-state index contributed by atoms with van der Waals surface area (Å²) in [5.74, 6) is 0.763. The first-order valence-electron chi connectivity index (χ1n) is 6.96. The summed E-state index contributed by atoms with van der Waals surface area (Å²) in [4.78, 5) is 17.6. The van der Waals surface area contributed by atoms with Crippen molar-refractivity contribution in [3.05, 3.63) is 23.8 Å². The Hall–Kier alpha value is -1.89. The predicted octanol–water partition coefficient (Wildman–Crippen LogP) is 0.609. The summed E-state index contributed by atoms with van der Waals surface area (Å²) in [6.07, 6.45) is 1.44. The van der Waals surface area contributed by atoms with Gasteiger partial charge in [0, 0.05) is 32.0 Å². The van der Waals surface area contributed by atoms with Crippen molar-refractivity contribution in [1.82, 2.24) is 15.2 Å². The van der Waals surface area contributed by atoms with Gasteiger partial charge in [-0.25, -0.2) is 9.18 Å². The molecule has 2 aliphatic rings. The van der Waals surface area contributed by atoms with Crippen LogP contribution < -0.4 is 10.1 Å². The standard InChI is InChI=1S/C14H18FN3O3/c1-21-12-2-3-16-11(13(12)15)4-17-14(20)18-5-8-9(6-18)10(8)7-19/h2-3,8-10,19H,4-7H2,1H3,(H,17,20)/t8-,9+,10?. The van der Waals surface area contributed by atoms with Crippen LogP contribution in [-0.2, 0) is 6.54 Å². The largest absolute Gasteiger partial charge is 0.494 e. The first-order valence-corrected chi connectivity index (χ1v) is 6.96. The molecule has 0 bridgehead atoms. The third-order valence-electron chi connectivity index (χ3n) is 4.42. The Morgan fingerprint density at radius 2 is 2.29 bits per heavy atom. The molecule has 114 valence electrons. The number of halogens is 1. The van der Waals surface area contributed by atoms with E-state index in [1.807, 2.05) is 0 Å². The number of nitrogens with one attached hydrogen (secondary N) is 1. The molecule has 2 heterocycles. The number of hydrogen-bond donors (Lipinski definition) is 2. The average molecular weight is 295 g/mol. The number of aliphatic hydroxyl groups is 1. The highest BCUT2D eigenvalue weighted by molar-refractivity contribution is 5.74. The summed E-state index contributed by atoms with van der Waals surface area (Å²) < 4.78 is 18.8. The maximum absolute atomic E-state index is 13.9. The van der Waals surface area contributed by atoms with Crippen LogP contribution in [0.25, 0.3) is 0 Å². The van der Waals surface area contributed by atoms with E-state index in [0.717, 1.165) is 0 Å². The van der Waals surface area contributed by atoms with Crippen molar-refractivity contribution < 1.29 is 19.0 Å². The molecule has 2 amide bonds. The lowest BCUT2D eigenvalue weighted by molar-refractivity contribution is 0.191. The molecule has 3 rings (SSSR count). The first kappa shape index (κ1) is 14.1.